The minimum Gasteiger partial charge on any atom is -0.501 e. The topological polar surface area (TPSA) is 101 Å². The minimum atomic E-state index is -1.42. The largest absolute Gasteiger partial charge is 0.501 e. The van der Waals surface area contributed by atoms with Crippen molar-refractivity contribution in [3.05, 3.63) is 32.3 Å². The van der Waals surface area contributed by atoms with E-state index in [9.17, 15) is 20.0 Å². The van der Waals surface area contributed by atoms with Gasteiger partial charge >= 0.3 is 11.7 Å². The molecule has 0 saturated carbocycles. The molecule has 0 fully saturated rings. The Kier molecular flexibility index (Phi) is 2.70. The lowest BCUT2D eigenvalue weighted by atomic mass is 10.2. The molecule has 74 valence electrons. The number of benzene rings is 1. The molecule has 0 unspecified atom stereocenters. The highest BCUT2D eigenvalue weighted by molar-refractivity contribution is 9.10. The Morgan fingerprint density at radius 2 is 2.07 bits per heavy atom. The number of halogens is 1. The average Bonchev–Trinajstić information content (AvgIpc) is 2.02. The summed E-state index contributed by atoms with van der Waals surface area (Å²) in [5.41, 5.74) is -1.15. The molecule has 0 atom stereocenters. The van der Waals surface area contributed by atoms with E-state index in [-0.39, 0.29) is 4.47 Å². The van der Waals surface area contributed by atoms with Gasteiger partial charge < -0.3 is 10.2 Å². The highest BCUT2D eigenvalue weighted by Crippen LogP contribution is 2.36. The molecule has 0 radical (unpaired) electrons. The number of phenols is 1. The minimum absolute atomic E-state index is 0.0324. The van der Waals surface area contributed by atoms with Crippen molar-refractivity contribution in [1.29, 1.82) is 0 Å². The summed E-state index contributed by atoms with van der Waals surface area (Å²) in [5, 5.41) is 28.3. The number of nitrogens with zero attached hydrogens (tertiary/aromatic N) is 1. The zero-order valence-electron chi connectivity index (χ0n) is 6.60. The van der Waals surface area contributed by atoms with Crippen molar-refractivity contribution in [2.75, 3.05) is 0 Å². The summed E-state index contributed by atoms with van der Waals surface area (Å²) >= 11 is 2.84. The van der Waals surface area contributed by atoms with Gasteiger partial charge in [-0.25, -0.2) is 4.79 Å². The summed E-state index contributed by atoms with van der Waals surface area (Å²) in [6, 6.07) is 2.27. The Bertz CT molecular complexity index is 417. The molecule has 0 aliphatic rings. The first-order chi connectivity index (χ1) is 6.45. The second kappa shape index (κ2) is 3.62. The molecule has 1 aromatic carbocycles. The summed E-state index contributed by atoms with van der Waals surface area (Å²) in [6.07, 6.45) is 0. The molecule has 1 rings (SSSR count). The summed E-state index contributed by atoms with van der Waals surface area (Å²) in [6.45, 7) is 0. The second-order valence-corrected chi connectivity index (χ2v) is 3.21. The van der Waals surface area contributed by atoms with E-state index >= 15 is 0 Å². The Hall–Kier alpha value is -1.63. The quantitative estimate of drug-likeness (QED) is 0.624. The predicted molar refractivity (Wildman–Crippen MR) is 49.4 cm³/mol. The zero-order valence-corrected chi connectivity index (χ0v) is 8.19. The van der Waals surface area contributed by atoms with E-state index in [4.69, 9.17) is 5.11 Å². The zero-order chi connectivity index (χ0) is 10.9. The van der Waals surface area contributed by atoms with Crippen LogP contribution in [0.25, 0.3) is 0 Å². The van der Waals surface area contributed by atoms with Crippen molar-refractivity contribution in [2.45, 2.75) is 0 Å². The monoisotopic (exact) mass is 261 g/mol. The van der Waals surface area contributed by atoms with E-state index in [1.807, 2.05) is 0 Å². The van der Waals surface area contributed by atoms with E-state index in [1.165, 1.54) is 6.07 Å². The molecular formula is C7H4BrNO5. The number of carboxylic acid groups (broad SMARTS) is 1. The molecule has 0 aliphatic heterocycles. The molecule has 7 heteroatoms. The van der Waals surface area contributed by atoms with Crippen LogP contribution in [0.2, 0.25) is 0 Å². The van der Waals surface area contributed by atoms with E-state index in [1.54, 1.807) is 0 Å². The molecule has 14 heavy (non-hydrogen) atoms. The summed E-state index contributed by atoms with van der Waals surface area (Å²) in [7, 11) is 0. The molecule has 0 heterocycles. The van der Waals surface area contributed by atoms with Gasteiger partial charge in [0, 0.05) is 0 Å². The van der Waals surface area contributed by atoms with Gasteiger partial charge in [0.05, 0.1) is 9.40 Å². The lowest BCUT2D eigenvalue weighted by Crippen LogP contribution is -2.00. The van der Waals surface area contributed by atoms with Crippen LogP contribution < -0.4 is 0 Å². The number of carbonyl (C=O) groups is 1. The van der Waals surface area contributed by atoms with Crippen LogP contribution in [-0.4, -0.2) is 21.1 Å². The van der Waals surface area contributed by atoms with E-state index in [0.717, 1.165) is 6.07 Å². The fourth-order valence-corrected chi connectivity index (χ4v) is 1.37. The Labute approximate surface area is 86.1 Å². The summed E-state index contributed by atoms with van der Waals surface area (Å²) in [4.78, 5) is 20.1. The molecule has 0 aliphatic carbocycles. The molecule has 0 bridgehead atoms. The summed E-state index contributed by atoms with van der Waals surface area (Å²) in [5.74, 6) is -2.27. The summed E-state index contributed by atoms with van der Waals surface area (Å²) < 4.78 is 0.0324. The Morgan fingerprint density at radius 3 is 2.50 bits per heavy atom. The Morgan fingerprint density at radius 1 is 1.50 bits per heavy atom. The fourth-order valence-electron chi connectivity index (χ4n) is 0.901. The molecular weight excluding hydrogens is 258 g/mol. The maximum absolute atomic E-state index is 10.5. The number of nitro benzene ring substituents is 1. The smallest absolute Gasteiger partial charge is 0.339 e. The third-order valence-electron chi connectivity index (χ3n) is 1.51. The van der Waals surface area contributed by atoms with Gasteiger partial charge in [-0.2, -0.15) is 0 Å². The molecule has 0 amide bonds. The molecule has 1 aromatic rings. The van der Waals surface area contributed by atoms with Gasteiger partial charge in [-0.1, -0.05) is 0 Å². The van der Waals surface area contributed by atoms with Gasteiger partial charge in [0.15, 0.2) is 0 Å². The number of hydrogen-bond acceptors (Lipinski definition) is 4. The fraction of sp³-hybridized carbons (Fsp3) is 0. The van der Waals surface area contributed by atoms with Gasteiger partial charge in [0.1, 0.15) is 5.56 Å². The van der Waals surface area contributed by atoms with Crippen LogP contribution in [0.3, 0.4) is 0 Å². The van der Waals surface area contributed by atoms with Crippen molar-refractivity contribution in [2.24, 2.45) is 0 Å². The van der Waals surface area contributed by atoms with Crippen LogP contribution in [0.5, 0.6) is 5.75 Å². The molecule has 0 spiro atoms. The number of rotatable bonds is 2. The first kappa shape index (κ1) is 10.5. The van der Waals surface area contributed by atoms with E-state index in [0.29, 0.717) is 0 Å². The van der Waals surface area contributed by atoms with Crippen molar-refractivity contribution < 1.29 is 19.9 Å². The molecule has 2 N–H and O–H groups in total. The lowest BCUT2D eigenvalue weighted by Gasteiger charge is -2.01. The second-order valence-electron chi connectivity index (χ2n) is 2.35. The number of nitro groups is 1. The number of aromatic hydroxyl groups is 1. The van der Waals surface area contributed by atoms with Crippen molar-refractivity contribution in [3.63, 3.8) is 0 Å². The maximum Gasteiger partial charge on any atom is 0.339 e. The van der Waals surface area contributed by atoms with Crippen molar-refractivity contribution in [1.82, 2.24) is 0 Å². The van der Waals surface area contributed by atoms with Crippen LogP contribution in [-0.2, 0) is 0 Å². The lowest BCUT2D eigenvalue weighted by molar-refractivity contribution is -0.386. The van der Waals surface area contributed by atoms with Crippen LogP contribution in [0, 0.1) is 10.1 Å². The first-order valence-electron chi connectivity index (χ1n) is 3.34. The van der Waals surface area contributed by atoms with Crippen LogP contribution in [0.1, 0.15) is 10.4 Å². The van der Waals surface area contributed by atoms with Crippen LogP contribution in [0.15, 0.2) is 16.6 Å². The van der Waals surface area contributed by atoms with E-state index in [2.05, 4.69) is 15.9 Å². The number of aromatic carboxylic acids is 1. The SMILES string of the molecule is O=C(O)c1ccc(Br)c([N+](=O)[O-])c1O. The van der Waals surface area contributed by atoms with E-state index < -0.39 is 27.9 Å². The van der Waals surface area contributed by atoms with Crippen LogP contribution in [0.4, 0.5) is 5.69 Å². The van der Waals surface area contributed by atoms with Gasteiger partial charge in [-0.05, 0) is 28.1 Å². The third kappa shape index (κ3) is 1.67. The highest BCUT2D eigenvalue weighted by atomic mass is 79.9. The standard InChI is InChI=1S/C7H4BrNO5/c8-4-2-1-3(7(11)12)6(10)5(4)9(13)14/h1-2,10H,(H,11,12). The number of hydrogen-bond donors (Lipinski definition) is 2. The molecule has 6 nitrogen and oxygen atoms in total. The molecule has 0 aromatic heterocycles. The van der Waals surface area contributed by atoms with Crippen LogP contribution >= 0.6 is 15.9 Å². The van der Waals surface area contributed by atoms with Crippen molar-refractivity contribution in [3.8, 4) is 5.75 Å². The van der Waals surface area contributed by atoms with Gasteiger partial charge in [0.25, 0.3) is 0 Å². The first-order valence-corrected chi connectivity index (χ1v) is 4.13. The highest BCUT2D eigenvalue weighted by Gasteiger charge is 2.24. The number of carboxylic acids is 1. The third-order valence-corrected chi connectivity index (χ3v) is 2.15. The van der Waals surface area contributed by atoms with Gasteiger partial charge in [0.2, 0.25) is 5.75 Å². The predicted octanol–water partition coefficient (Wildman–Crippen LogP) is 1.76. The van der Waals surface area contributed by atoms with Gasteiger partial charge in [-0.15, -0.1) is 0 Å². The Balaban J connectivity index is 3.49. The van der Waals surface area contributed by atoms with Crippen molar-refractivity contribution >= 4 is 27.6 Å². The average molecular weight is 262 g/mol. The molecule has 0 saturated heterocycles. The van der Waals surface area contributed by atoms with Gasteiger partial charge in [-0.3, -0.25) is 10.1 Å². The normalized spacial score (nSPS) is 9.79. The maximum atomic E-state index is 10.5.